The van der Waals surface area contributed by atoms with Gasteiger partial charge in [-0.05, 0) is 48.5 Å². The van der Waals surface area contributed by atoms with Crippen LogP contribution in [-0.4, -0.2) is 24.1 Å². The molecule has 0 saturated heterocycles. The fraction of sp³-hybridized carbons (Fsp3) is 0.111. The van der Waals surface area contributed by atoms with Crippen molar-refractivity contribution in [3.05, 3.63) is 77.0 Å². The van der Waals surface area contributed by atoms with E-state index in [2.05, 4.69) is 10.4 Å². The van der Waals surface area contributed by atoms with Gasteiger partial charge in [0.1, 0.15) is 17.5 Å². The molecular formula is C18H13F2N3O3S. The second-order valence-electron chi connectivity index (χ2n) is 6.16. The third-order valence-corrected chi connectivity index (χ3v) is 5.64. The molecule has 0 spiro atoms. The molecule has 3 aromatic rings. The maximum Gasteiger partial charge on any atom is 0.256 e. The van der Waals surface area contributed by atoms with Crippen molar-refractivity contribution in [3.63, 3.8) is 0 Å². The van der Waals surface area contributed by atoms with Crippen LogP contribution < -0.4 is 5.32 Å². The topological polar surface area (TPSA) is 81.1 Å². The Morgan fingerprint density at radius 3 is 2.19 bits per heavy atom. The summed E-state index contributed by atoms with van der Waals surface area (Å²) in [5.41, 5.74) is 1.42. The average Bonchev–Trinajstić information content (AvgIpc) is 3.09. The van der Waals surface area contributed by atoms with Gasteiger partial charge in [-0.25, -0.2) is 21.9 Å². The van der Waals surface area contributed by atoms with Crippen molar-refractivity contribution in [1.29, 1.82) is 0 Å². The lowest BCUT2D eigenvalue weighted by molar-refractivity contribution is 0.102. The lowest BCUT2D eigenvalue weighted by Crippen LogP contribution is -2.17. The van der Waals surface area contributed by atoms with Crippen molar-refractivity contribution in [2.24, 2.45) is 0 Å². The number of nitrogens with zero attached hydrogens (tertiary/aromatic N) is 2. The number of carbonyl (C=O) groups excluding carboxylic acids is 1. The van der Waals surface area contributed by atoms with Gasteiger partial charge in [-0.2, -0.15) is 5.10 Å². The van der Waals surface area contributed by atoms with Gasteiger partial charge >= 0.3 is 0 Å². The van der Waals surface area contributed by atoms with Crippen molar-refractivity contribution < 1.29 is 22.0 Å². The minimum atomic E-state index is -3.33. The third-order valence-electron chi connectivity index (χ3n) is 4.20. The summed E-state index contributed by atoms with van der Waals surface area (Å²) in [5.74, 6) is -1.72. The number of rotatable bonds is 3. The number of aromatic nitrogens is 2. The van der Waals surface area contributed by atoms with E-state index in [4.69, 9.17) is 0 Å². The number of amides is 1. The molecule has 0 bridgehead atoms. The smallest absolute Gasteiger partial charge is 0.256 e. The molecule has 9 heteroatoms. The summed E-state index contributed by atoms with van der Waals surface area (Å²) in [7, 11) is -3.33. The van der Waals surface area contributed by atoms with E-state index < -0.39 is 27.4 Å². The molecule has 1 amide bonds. The van der Waals surface area contributed by atoms with Crippen LogP contribution in [0, 0.1) is 11.6 Å². The van der Waals surface area contributed by atoms with E-state index in [9.17, 15) is 22.0 Å². The highest BCUT2D eigenvalue weighted by Gasteiger charge is 2.33. The highest BCUT2D eigenvalue weighted by atomic mass is 32.2. The van der Waals surface area contributed by atoms with E-state index in [1.807, 2.05) is 0 Å². The Morgan fingerprint density at radius 1 is 0.963 bits per heavy atom. The molecule has 1 aromatic heterocycles. The number of carbonyl (C=O) groups is 1. The number of nitrogens with one attached hydrogen (secondary N) is 1. The zero-order valence-electron chi connectivity index (χ0n) is 13.8. The molecule has 1 aliphatic rings. The van der Waals surface area contributed by atoms with Gasteiger partial charge in [0, 0.05) is 11.1 Å². The molecule has 1 aliphatic heterocycles. The van der Waals surface area contributed by atoms with Gasteiger partial charge in [-0.3, -0.25) is 4.79 Å². The van der Waals surface area contributed by atoms with Crippen molar-refractivity contribution in [2.75, 3.05) is 5.32 Å². The Morgan fingerprint density at radius 2 is 1.56 bits per heavy atom. The Kier molecular flexibility index (Phi) is 4.03. The average molecular weight is 389 g/mol. The molecule has 138 valence electrons. The second kappa shape index (κ2) is 6.27. The molecule has 0 saturated carbocycles. The van der Waals surface area contributed by atoms with E-state index in [0.29, 0.717) is 16.9 Å². The van der Waals surface area contributed by atoms with Crippen LogP contribution in [0.15, 0.2) is 48.5 Å². The van der Waals surface area contributed by atoms with Crippen LogP contribution in [0.4, 0.5) is 14.6 Å². The summed E-state index contributed by atoms with van der Waals surface area (Å²) in [6.45, 7) is 0. The third kappa shape index (κ3) is 3.33. The second-order valence-corrected chi connectivity index (χ2v) is 8.22. The van der Waals surface area contributed by atoms with Gasteiger partial charge < -0.3 is 5.32 Å². The number of hydrogen-bond donors (Lipinski definition) is 1. The molecule has 2 heterocycles. The minimum Gasteiger partial charge on any atom is -0.306 e. The summed E-state index contributed by atoms with van der Waals surface area (Å²) >= 11 is 0. The zero-order chi connectivity index (χ0) is 19.2. The van der Waals surface area contributed by atoms with Gasteiger partial charge in [-0.15, -0.1) is 0 Å². The van der Waals surface area contributed by atoms with E-state index in [1.165, 1.54) is 41.1 Å². The van der Waals surface area contributed by atoms with Gasteiger partial charge in [0.05, 0.1) is 22.9 Å². The Labute approximate surface area is 153 Å². The van der Waals surface area contributed by atoms with Crippen LogP contribution in [0.1, 0.15) is 21.6 Å². The van der Waals surface area contributed by atoms with Crippen molar-refractivity contribution in [3.8, 4) is 5.69 Å². The maximum absolute atomic E-state index is 13.2. The lowest BCUT2D eigenvalue weighted by Gasteiger charge is -2.11. The fourth-order valence-electron chi connectivity index (χ4n) is 2.92. The minimum absolute atomic E-state index is 0.201. The Bertz CT molecular complexity index is 1140. The molecule has 1 N–H and O–H groups in total. The fourth-order valence-corrected chi connectivity index (χ4v) is 4.41. The first-order chi connectivity index (χ1) is 12.8. The summed E-state index contributed by atoms with van der Waals surface area (Å²) in [6, 6.07) is 10.4. The normalized spacial score (nSPS) is 14.7. The first-order valence-corrected chi connectivity index (χ1v) is 9.78. The van der Waals surface area contributed by atoms with Gasteiger partial charge in [0.25, 0.3) is 5.91 Å². The quantitative estimate of drug-likeness (QED) is 0.747. The number of hydrogen-bond acceptors (Lipinski definition) is 4. The summed E-state index contributed by atoms with van der Waals surface area (Å²) in [6.07, 6.45) is 0. The molecule has 4 rings (SSSR count). The van der Waals surface area contributed by atoms with Crippen LogP contribution in [-0.2, 0) is 21.3 Å². The standard InChI is InChI=1S/C18H13F2N3O3S/c19-12-3-1-11(2-4-12)18(24)21-17-15-9-27(25,26)10-16(15)22-23(17)14-7-5-13(20)6-8-14/h1-8H,9-10H2,(H,21,24). The molecule has 2 aromatic carbocycles. The molecule has 27 heavy (non-hydrogen) atoms. The van der Waals surface area contributed by atoms with Crippen molar-refractivity contribution in [2.45, 2.75) is 11.5 Å². The van der Waals surface area contributed by atoms with Gasteiger partial charge in [0.2, 0.25) is 0 Å². The summed E-state index contributed by atoms with van der Waals surface area (Å²) < 4.78 is 51.5. The van der Waals surface area contributed by atoms with Crippen LogP contribution in [0.25, 0.3) is 5.69 Å². The molecule has 6 nitrogen and oxygen atoms in total. The predicted molar refractivity (Wildman–Crippen MR) is 94.2 cm³/mol. The molecule has 0 fully saturated rings. The van der Waals surface area contributed by atoms with Crippen LogP contribution >= 0.6 is 0 Å². The Hall–Kier alpha value is -3.07. The lowest BCUT2D eigenvalue weighted by atomic mass is 10.2. The number of anilines is 1. The van der Waals surface area contributed by atoms with Gasteiger partial charge in [0.15, 0.2) is 9.84 Å². The molecule has 0 radical (unpaired) electrons. The number of fused-ring (bicyclic) bond motifs is 1. The van der Waals surface area contributed by atoms with Crippen molar-refractivity contribution >= 4 is 21.6 Å². The van der Waals surface area contributed by atoms with Crippen molar-refractivity contribution in [1.82, 2.24) is 9.78 Å². The molecule has 0 atom stereocenters. The van der Waals surface area contributed by atoms with E-state index in [-0.39, 0.29) is 22.9 Å². The van der Waals surface area contributed by atoms with E-state index in [1.54, 1.807) is 0 Å². The van der Waals surface area contributed by atoms with Crippen LogP contribution in [0.5, 0.6) is 0 Å². The zero-order valence-corrected chi connectivity index (χ0v) is 14.6. The predicted octanol–water partition coefficient (Wildman–Crippen LogP) is 2.83. The largest absolute Gasteiger partial charge is 0.306 e. The number of benzene rings is 2. The monoisotopic (exact) mass is 389 g/mol. The van der Waals surface area contributed by atoms with E-state index >= 15 is 0 Å². The number of sulfone groups is 1. The van der Waals surface area contributed by atoms with Crippen LogP contribution in [0.3, 0.4) is 0 Å². The first kappa shape index (κ1) is 17.3. The van der Waals surface area contributed by atoms with E-state index in [0.717, 1.165) is 12.1 Å². The highest BCUT2D eigenvalue weighted by Crippen LogP contribution is 2.33. The van der Waals surface area contributed by atoms with Gasteiger partial charge in [-0.1, -0.05) is 0 Å². The first-order valence-electron chi connectivity index (χ1n) is 7.96. The Balaban J connectivity index is 1.77. The molecule has 0 unspecified atom stereocenters. The highest BCUT2D eigenvalue weighted by molar-refractivity contribution is 7.90. The molecular weight excluding hydrogens is 376 g/mol. The maximum atomic E-state index is 13.2. The van der Waals surface area contributed by atoms with Crippen LogP contribution in [0.2, 0.25) is 0 Å². The summed E-state index contributed by atoms with van der Waals surface area (Å²) in [5, 5.41) is 6.95. The summed E-state index contributed by atoms with van der Waals surface area (Å²) in [4.78, 5) is 12.5. The number of halogens is 2. The molecule has 0 aliphatic carbocycles. The SMILES string of the molecule is O=C(Nc1c2c(nn1-c1ccc(F)cc1)CS(=O)(=O)C2)c1ccc(F)cc1.